The summed E-state index contributed by atoms with van der Waals surface area (Å²) < 4.78 is 19.0. The third-order valence-electron chi connectivity index (χ3n) is 8.80. The zero-order chi connectivity index (χ0) is 34.1. The Hall–Kier alpha value is -1.30. The molecule has 0 N–H and O–H groups in total. The number of carbonyl (C=O) groups is 2. The van der Waals surface area contributed by atoms with E-state index in [0.717, 1.165) is 63.9 Å². The molecule has 0 aromatic heterocycles. The molecule has 0 rings (SSSR count). The number of unbranched alkanes of at least 4 members (excludes halogenated alkanes) is 26. The minimum absolute atomic E-state index is 0.395. The van der Waals surface area contributed by atoms with Gasteiger partial charge in [-0.3, -0.25) is 0 Å². The van der Waals surface area contributed by atoms with Gasteiger partial charge in [-0.2, -0.15) is 0 Å². The summed E-state index contributed by atoms with van der Waals surface area (Å²) in [6.07, 6.45) is 45.2. The molecule has 0 saturated carbocycles. The van der Waals surface area contributed by atoms with E-state index in [4.69, 9.17) is 14.2 Å². The van der Waals surface area contributed by atoms with E-state index in [-0.39, 0.29) is 0 Å². The largest absolute Gasteiger partial charge is 0.349 e. The van der Waals surface area contributed by atoms with Crippen molar-refractivity contribution in [3.63, 3.8) is 0 Å². The molecule has 5 nitrogen and oxygen atoms in total. The number of rotatable bonds is 40. The molecule has 0 aliphatic carbocycles. The van der Waals surface area contributed by atoms with Crippen molar-refractivity contribution in [3.8, 4) is 0 Å². The van der Waals surface area contributed by atoms with E-state index in [9.17, 15) is 9.59 Å². The fraction of sp³-hybridized carbons (Fsp3) is 0.857. The Morgan fingerprint density at radius 1 is 0.383 bits per heavy atom. The van der Waals surface area contributed by atoms with Crippen LogP contribution in [0, 0.1) is 0 Å². The van der Waals surface area contributed by atoms with Gasteiger partial charge in [-0.1, -0.05) is 154 Å². The summed E-state index contributed by atoms with van der Waals surface area (Å²) in [7, 11) is 0. The van der Waals surface area contributed by atoms with Gasteiger partial charge >= 0.3 is 0 Å². The maximum atomic E-state index is 10.5. The van der Waals surface area contributed by atoms with E-state index >= 15 is 0 Å². The summed E-state index contributed by atoms with van der Waals surface area (Å²) in [4.78, 5) is 21.0. The number of carbonyl (C=O) groups excluding carboxylic acids is 2. The van der Waals surface area contributed by atoms with Gasteiger partial charge in [0.15, 0.2) is 12.6 Å². The molecule has 276 valence electrons. The summed E-state index contributed by atoms with van der Waals surface area (Å²) in [6, 6.07) is 0. The van der Waals surface area contributed by atoms with Gasteiger partial charge < -0.3 is 23.8 Å². The molecule has 0 aromatic carbocycles. The fourth-order valence-corrected chi connectivity index (χ4v) is 5.74. The molecule has 47 heavy (non-hydrogen) atoms. The molecular weight excluding hydrogens is 584 g/mol. The molecule has 0 saturated heterocycles. The van der Waals surface area contributed by atoms with E-state index in [0.29, 0.717) is 26.1 Å². The maximum Gasteiger partial charge on any atom is 0.180 e. The van der Waals surface area contributed by atoms with Crippen molar-refractivity contribution >= 4 is 12.6 Å². The standard InChI is InChI=1S/C42H78O5/c1-3-5-7-9-21-27-33-39-45-41(35-29-23-17-13-11-15-19-25-31-37-43)47-42(46-40-34-28-22-10-8-6-4-2)36-30-24-18-14-12-16-20-26-32-38-44/h29-30,35-38,41-42H,3-28,31-34,39-40H2,1-2H3. The highest BCUT2D eigenvalue weighted by molar-refractivity contribution is 5.49. The Balaban J connectivity index is 4.89. The average molecular weight is 663 g/mol. The van der Waals surface area contributed by atoms with Crippen molar-refractivity contribution in [1.82, 2.24) is 0 Å². The number of allylic oxidation sites excluding steroid dienone is 2. The predicted octanol–water partition coefficient (Wildman–Crippen LogP) is 12.9. The van der Waals surface area contributed by atoms with Crippen molar-refractivity contribution in [2.75, 3.05) is 13.2 Å². The molecule has 0 aliphatic rings. The van der Waals surface area contributed by atoms with Gasteiger partial charge in [0.2, 0.25) is 0 Å². The van der Waals surface area contributed by atoms with Crippen LogP contribution in [0.15, 0.2) is 24.3 Å². The minimum atomic E-state index is -0.395. The van der Waals surface area contributed by atoms with E-state index in [2.05, 4.69) is 38.2 Å². The first-order valence-corrected chi connectivity index (χ1v) is 20.4. The van der Waals surface area contributed by atoms with Crippen molar-refractivity contribution in [3.05, 3.63) is 24.3 Å². The van der Waals surface area contributed by atoms with Crippen LogP contribution in [0.3, 0.4) is 0 Å². The SMILES string of the molecule is CCCCCCCCCOC(C=CCCCCCCCCC=O)OC(C=CCCCCCCCCC=O)OCCCCCCCCC. The quantitative estimate of drug-likeness (QED) is 0.0283. The topological polar surface area (TPSA) is 61.8 Å². The highest BCUT2D eigenvalue weighted by Gasteiger charge is 2.13. The van der Waals surface area contributed by atoms with Crippen molar-refractivity contribution < 1.29 is 23.8 Å². The molecule has 0 amide bonds. The Bertz CT molecular complexity index is 620. The van der Waals surface area contributed by atoms with Crippen LogP contribution in [-0.4, -0.2) is 38.4 Å². The number of hydrogen-bond donors (Lipinski definition) is 0. The van der Waals surface area contributed by atoms with Crippen LogP contribution in [0.2, 0.25) is 0 Å². The van der Waals surface area contributed by atoms with E-state index in [1.165, 1.54) is 128 Å². The Morgan fingerprint density at radius 2 is 0.681 bits per heavy atom. The Labute approximate surface area is 292 Å². The van der Waals surface area contributed by atoms with Gasteiger partial charge in [0, 0.05) is 12.8 Å². The highest BCUT2D eigenvalue weighted by atomic mass is 16.8. The lowest BCUT2D eigenvalue weighted by Crippen LogP contribution is -2.25. The molecule has 0 heterocycles. The summed E-state index contributed by atoms with van der Waals surface area (Å²) >= 11 is 0. The average Bonchev–Trinajstić information content (AvgIpc) is 3.08. The second-order valence-corrected chi connectivity index (χ2v) is 13.4. The first kappa shape index (κ1) is 45.7. The van der Waals surface area contributed by atoms with Crippen molar-refractivity contribution in [2.45, 2.75) is 219 Å². The predicted molar refractivity (Wildman–Crippen MR) is 201 cm³/mol. The van der Waals surface area contributed by atoms with Gasteiger partial charge in [0.25, 0.3) is 0 Å². The van der Waals surface area contributed by atoms with Gasteiger partial charge in [0.1, 0.15) is 12.6 Å². The van der Waals surface area contributed by atoms with E-state index in [1.807, 2.05) is 0 Å². The van der Waals surface area contributed by atoms with Gasteiger partial charge in [-0.15, -0.1) is 0 Å². The van der Waals surface area contributed by atoms with Gasteiger partial charge in [-0.25, -0.2) is 0 Å². The van der Waals surface area contributed by atoms with Gasteiger partial charge in [0.05, 0.1) is 13.2 Å². The summed E-state index contributed by atoms with van der Waals surface area (Å²) in [5, 5.41) is 0. The Kier molecular flexibility index (Phi) is 39.7. The fourth-order valence-electron chi connectivity index (χ4n) is 5.74. The molecular formula is C42H78O5. The van der Waals surface area contributed by atoms with Crippen LogP contribution in [-0.2, 0) is 23.8 Å². The lowest BCUT2D eigenvalue weighted by Gasteiger charge is -2.22. The van der Waals surface area contributed by atoms with Gasteiger partial charge in [-0.05, 0) is 63.5 Å². The zero-order valence-corrected chi connectivity index (χ0v) is 31.3. The second kappa shape index (κ2) is 40.9. The van der Waals surface area contributed by atoms with Crippen LogP contribution >= 0.6 is 0 Å². The summed E-state index contributed by atoms with van der Waals surface area (Å²) in [6.45, 7) is 5.96. The number of aldehydes is 2. The third-order valence-corrected chi connectivity index (χ3v) is 8.80. The first-order valence-electron chi connectivity index (χ1n) is 20.4. The summed E-state index contributed by atoms with van der Waals surface area (Å²) in [5.41, 5.74) is 0. The number of ether oxygens (including phenoxy) is 3. The van der Waals surface area contributed by atoms with Crippen LogP contribution in [0.25, 0.3) is 0 Å². The van der Waals surface area contributed by atoms with Crippen molar-refractivity contribution in [2.24, 2.45) is 0 Å². The van der Waals surface area contributed by atoms with Crippen LogP contribution in [0.4, 0.5) is 0 Å². The lowest BCUT2D eigenvalue weighted by atomic mass is 10.1. The Morgan fingerprint density at radius 3 is 1.02 bits per heavy atom. The molecule has 0 bridgehead atoms. The molecule has 5 heteroatoms. The number of hydrogen-bond acceptors (Lipinski definition) is 5. The summed E-state index contributed by atoms with van der Waals surface area (Å²) in [5.74, 6) is 0. The maximum absolute atomic E-state index is 10.5. The zero-order valence-electron chi connectivity index (χ0n) is 31.3. The molecule has 0 aromatic rings. The normalized spacial score (nSPS) is 13.1. The minimum Gasteiger partial charge on any atom is -0.349 e. The molecule has 0 fully saturated rings. The van der Waals surface area contributed by atoms with Crippen LogP contribution < -0.4 is 0 Å². The smallest absolute Gasteiger partial charge is 0.180 e. The van der Waals surface area contributed by atoms with E-state index in [1.54, 1.807) is 0 Å². The molecule has 2 atom stereocenters. The van der Waals surface area contributed by atoms with Crippen LogP contribution in [0.1, 0.15) is 206 Å². The lowest BCUT2D eigenvalue weighted by molar-refractivity contribution is -0.208. The van der Waals surface area contributed by atoms with E-state index < -0.39 is 12.6 Å². The highest BCUT2D eigenvalue weighted by Crippen LogP contribution is 2.15. The second-order valence-electron chi connectivity index (χ2n) is 13.4. The van der Waals surface area contributed by atoms with Crippen molar-refractivity contribution in [1.29, 1.82) is 0 Å². The molecule has 0 aliphatic heterocycles. The molecule has 0 spiro atoms. The molecule has 0 radical (unpaired) electrons. The third kappa shape index (κ3) is 37.4. The molecule has 2 unspecified atom stereocenters. The first-order chi connectivity index (χ1) is 23.3. The van der Waals surface area contributed by atoms with Crippen LogP contribution in [0.5, 0.6) is 0 Å². The monoisotopic (exact) mass is 663 g/mol.